The quantitative estimate of drug-likeness (QED) is 0.752. The summed E-state index contributed by atoms with van der Waals surface area (Å²) >= 11 is 0. The maximum atomic E-state index is 12.5. The van der Waals surface area contributed by atoms with E-state index >= 15 is 0 Å². The van der Waals surface area contributed by atoms with Gasteiger partial charge in [0, 0.05) is 32.0 Å². The Bertz CT molecular complexity index is 738. The molecular weight excluding hydrogens is 326 g/mol. The van der Waals surface area contributed by atoms with Crippen LogP contribution in [0.3, 0.4) is 0 Å². The van der Waals surface area contributed by atoms with Crippen LogP contribution in [0.4, 0.5) is 11.4 Å². The summed E-state index contributed by atoms with van der Waals surface area (Å²) < 4.78 is 0. The average molecular weight is 353 g/mol. The molecule has 5 heteroatoms. The summed E-state index contributed by atoms with van der Waals surface area (Å²) in [4.78, 5) is 27.0. The van der Waals surface area contributed by atoms with Crippen molar-refractivity contribution in [1.29, 1.82) is 0 Å². The van der Waals surface area contributed by atoms with Crippen molar-refractivity contribution in [2.45, 2.75) is 20.3 Å². The zero-order valence-electron chi connectivity index (χ0n) is 15.9. The SMILES string of the molecule is CN(C)c1ccc(NC(=O)C(C)(C)C(=O)NCCc2ccccc2)cc1. The van der Waals surface area contributed by atoms with Crippen LogP contribution in [0, 0.1) is 5.41 Å². The van der Waals surface area contributed by atoms with Crippen molar-refractivity contribution in [1.82, 2.24) is 5.32 Å². The molecule has 0 saturated carbocycles. The summed E-state index contributed by atoms with van der Waals surface area (Å²) in [7, 11) is 3.91. The number of anilines is 2. The van der Waals surface area contributed by atoms with Crippen LogP contribution < -0.4 is 15.5 Å². The van der Waals surface area contributed by atoms with Gasteiger partial charge in [0.05, 0.1) is 0 Å². The first-order valence-electron chi connectivity index (χ1n) is 8.72. The molecule has 0 unspecified atom stereocenters. The number of benzene rings is 2. The van der Waals surface area contributed by atoms with E-state index in [1.165, 1.54) is 0 Å². The van der Waals surface area contributed by atoms with E-state index in [1.807, 2.05) is 73.6 Å². The second-order valence-corrected chi connectivity index (χ2v) is 7.01. The van der Waals surface area contributed by atoms with Crippen molar-refractivity contribution in [2.24, 2.45) is 5.41 Å². The minimum atomic E-state index is -1.16. The van der Waals surface area contributed by atoms with Gasteiger partial charge in [-0.1, -0.05) is 30.3 Å². The summed E-state index contributed by atoms with van der Waals surface area (Å²) in [6.07, 6.45) is 0.732. The maximum absolute atomic E-state index is 12.5. The zero-order valence-corrected chi connectivity index (χ0v) is 15.9. The van der Waals surface area contributed by atoms with E-state index in [2.05, 4.69) is 10.6 Å². The van der Waals surface area contributed by atoms with Crippen molar-refractivity contribution in [3.8, 4) is 0 Å². The molecule has 2 aromatic rings. The van der Waals surface area contributed by atoms with Crippen LogP contribution in [0.1, 0.15) is 19.4 Å². The van der Waals surface area contributed by atoms with Crippen LogP contribution in [-0.2, 0) is 16.0 Å². The second-order valence-electron chi connectivity index (χ2n) is 7.01. The number of hydrogen-bond donors (Lipinski definition) is 2. The molecule has 138 valence electrons. The standard InChI is InChI=1S/C21H27N3O2/c1-21(2,19(25)22-15-14-16-8-6-5-7-9-16)20(26)23-17-10-12-18(13-11-17)24(3)4/h5-13H,14-15H2,1-4H3,(H,22,25)(H,23,26). The van der Waals surface area contributed by atoms with Gasteiger partial charge < -0.3 is 15.5 Å². The molecule has 0 aliphatic carbocycles. The monoisotopic (exact) mass is 353 g/mol. The highest BCUT2D eigenvalue weighted by atomic mass is 16.2. The average Bonchev–Trinajstić information content (AvgIpc) is 2.62. The first kappa shape index (κ1) is 19.5. The normalized spacial score (nSPS) is 10.9. The molecule has 0 saturated heterocycles. The predicted octanol–water partition coefficient (Wildman–Crippen LogP) is 3.08. The van der Waals surface area contributed by atoms with Crippen molar-refractivity contribution in [3.05, 3.63) is 60.2 Å². The molecule has 0 aliphatic heterocycles. The summed E-state index contributed by atoms with van der Waals surface area (Å²) in [6, 6.07) is 17.4. The number of carbonyl (C=O) groups is 2. The van der Waals surface area contributed by atoms with Gasteiger partial charge in [0.2, 0.25) is 11.8 Å². The Morgan fingerprint density at radius 1 is 0.923 bits per heavy atom. The highest BCUT2D eigenvalue weighted by molar-refractivity contribution is 6.09. The lowest BCUT2D eigenvalue weighted by molar-refractivity contribution is -0.138. The molecule has 2 amide bonds. The van der Waals surface area contributed by atoms with Crippen LogP contribution in [0.5, 0.6) is 0 Å². The van der Waals surface area contributed by atoms with Crippen molar-refractivity contribution < 1.29 is 9.59 Å². The fourth-order valence-electron chi connectivity index (χ4n) is 2.42. The minimum absolute atomic E-state index is 0.282. The van der Waals surface area contributed by atoms with Gasteiger partial charge in [0.15, 0.2) is 0 Å². The lowest BCUT2D eigenvalue weighted by Crippen LogP contribution is -2.45. The molecule has 0 radical (unpaired) electrons. The number of amides is 2. The first-order valence-corrected chi connectivity index (χ1v) is 8.72. The van der Waals surface area contributed by atoms with Gasteiger partial charge in [-0.05, 0) is 50.1 Å². The van der Waals surface area contributed by atoms with E-state index in [4.69, 9.17) is 0 Å². The molecule has 0 heterocycles. The third kappa shape index (κ3) is 5.09. The van der Waals surface area contributed by atoms with E-state index in [9.17, 15) is 9.59 Å². The van der Waals surface area contributed by atoms with Gasteiger partial charge in [-0.15, -0.1) is 0 Å². The summed E-state index contributed by atoms with van der Waals surface area (Å²) in [5.41, 5.74) is 1.71. The summed E-state index contributed by atoms with van der Waals surface area (Å²) in [5.74, 6) is -0.608. The molecule has 26 heavy (non-hydrogen) atoms. The van der Waals surface area contributed by atoms with E-state index in [0.29, 0.717) is 12.2 Å². The van der Waals surface area contributed by atoms with Crippen LogP contribution >= 0.6 is 0 Å². The third-order valence-electron chi connectivity index (χ3n) is 4.32. The Balaban J connectivity index is 1.90. The maximum Gasteiger partial charge on any atom is 0.239 e. The predicted molar refractivity (Wildman–Crippen MR) is 106 cm³/mol. The summed E-state index contributed by atoms with van der Waals surface area (Å²) in [5, 5.41) is 5.67. The van der Waals surface area contributed by atoms with E-state index in [-0.39, 0.29) is 11.8 Å². The number of nitrogens with one attached hydrogen (secondary N) is 2. The molecule has 2 aromatic carbocycles. The smallest absolute Gasteiger partial charge is 0.239 e. The van der Waals surface area contributed by atoms with E-state index in [1.54, 1.807) is 13.8 Å². The molecule has 0 atom stereocenters. The summed E-state index contributed by atoms with van der Waals surface area (Å²) in [6.45, 7) is 3.76. The van der Waals surface area contributed by atoms with Gasteiger partial charge in [-0.25, -0.2) is 0 Å². The molecule has 0 bridgehead atoms. The Morgan fingerprint density at radius 3 is 2.12 bits per heavy atom. The molecule has 0 fully saturated rings. The molecular formula is C21H27N3O2. The Labute approximate surface area is 155 Å². The molecule has 0 aromatic heterocycles. The fraction of sp³-hybridized carbons (Fsp3) is 0.333. The first-order chi connectivity index (χ1) is 12.3. The molecule has 2 N–H and O–H groups in total. The minimum Gasteiger partial charge on any atom is -0.378 e. The Morgan fingerprint density at radius 2 is 1.54 bits per heavy atom. The molecule has 5 nitrogen and oxygen atoms in total. The van der Waals surface area contributed by atoms with Crippen molar-refractivity contribution in [3.63, 3.8) is 0 Å². The highest BCUT2D eigenvalue weighted by Gasteiger charge is 2.35. The lowest BCUT2D eigenvalue weighted by Gasteiger charge is -2.23. The Kier molecular flexibility index (Phi) is 6.39. The topological polar surface area (TPSA) is 61.4 Å². The zero-order chi connectivity index (χ0) is 19.2. The van der Waals surface area contributed by atoms with Crippen LogP contribution in [0.2, 0.25) is 0 Å². The van der Waals surface area contributed by atoms with Crippen LogP contribution in [-0.4, -0.2) is 32.5 Å². The third-order valence-corrected chi connectivity index (χ3v) is 4.32. The van der Waals surface area contributed by atoms with Crippen LogP contribution in [0.25, 0.3) is 0 Å². The highest BCUT2D eigenvalue weighted by Crippen LogP contribution is 2.21. The number of carbonyl (C=O) groups excluding carboxylic acids is 2. The molecule has 0 spiro atoms. The van der Waals surface area contributed by atoms with Gasteiger partial charge in [-0.2, -0.15) is 0 Å². The molecule has 2 rings (SSSR count). The number of hydrogen-bond acceptors (Lipinski definition) is 3. The second kappa shape index (κ2) is 8.52. The largest absolute Gasteiger partial charge is 0.378 e. The van der Waals surface area contributed by atoms with Crippen LogP contribution in [0.15, 0.2) is 54.6 Å². The van der Waals surface area contributed by atoms with E-state index < -0.39 is 5.41 Å². The Hall–Kier alpha value is -2.82. The van der Waals surface area contributed by atoms with Gasteiger partial charge >= 0.3 is 0 Å². The van der Waals surface area contributed by atoms with Gasteiger partial charge in [0.1, 0.15) is 5.41 Å². The fourth-order valence-corrected chi connectivity index (χ4v) is 2.42. The number of nitrogens with zero attached hydrogens (tertiary/aromatic N) is 1. The number of rotatable bonds is 7. The van der Waals surface area contributed by atoms with E-state index in [0.717, 1.165) is 17.7 Å². The van der Waals surface area contributed by atoms with Crippen molar-refractivity contribution in [2.75, 3.05) is 30.9 Å². The van der Waals surface area contributed by atoms with Gasteiger partial charge in [0.25, 0.3) is 0 Å². The molecule has 0 aliphatic rings. The lowest BCUT2D eigenvalue weighted by atomic mass is 9.91. The van der Waals surface area contributed by atoms with Gasteiger partial charge in [-0.3, -0.25) is 9.59 Å². The van der Waals surface area contributed by atoms with Crippen molar-refractivity contribution >= 4 is 23.2 Å².